The third kappa shape index (κ3) is 3.81. The third-order valence-corrected chi connectivity index (χ3v) is 4.90. The summed E-state index contributed by atoms with van der Waals surface area (Å²) in [5.41, 5.74) is 0.851. The van der Waals surface area contributed by atoms with Crippen LogP contribution in [0.25, 0.3) is 0 Å². The van der Waals surface area contributed by atoms with Crippen molar-refractivity contribution in [2.45, 2.75) is 6.42 Å². The number of carbonyl (C=O) groups is 1. The van der Waals surface area contributed by atoms with Crippen LogP contribution in [0.5, 0.6) is 0 Å². The van der Waals surface area contributed by atoms with Crippen LogP contribution in [-0.4, -0.2) is 26.1 Å². The Hall–Kier alpha value is -1.80. The number of aromatic nitrogens is 4. The van der Waals surface area contributed by atoms with E-state index < -0.39 is 5.91 Å². The molecule has 1 N–H and O–H groups in total. The van der Waals surface area contributed by atoms with E-state index in [1.165, 1.54) is 23.7 Å². The van der Waals surface area contributed by atoms with Crippen LogP contribution in [-0.2, 0) is 6.42 Å². The summed E-state index contributed by atoms with van der Waals surface area (Å²) in [5.74, 6) is -0.503. The molecule has 0 saturated carbocycles. The summed E-state index contributed by atoms with van der Waals surface area (Å²) in [5, 5.41) is 12.5. The van der Waals surface area contributed by atoms with Crippen molar-refractivity contribution >= 4 is 57.2 Å². The average molecular weight is 401 g/mol. The second kappa shape index (κ2) is 7.40. The van der Waals surface area contributed by atoms with E-state index in [0.717, 1.165) is 5.56 Å². The van der Waals surface area contributed by atoms with E-state index in [1.54, 1.807) is 6.07 Å². The molecule has 0 spiro atoms. The number of nitrogens with zero attached hydrogens (tertiary/aromatic N) is 4. The van der Waals surface area contributed by atoms with Gasteiger partial charge in [-0.05, 0) is 11.6 Å². The smallest absolute Gasteiger partial charge is 0.279 e. The normalized spacial score (nSPS) is 10.6. The molecule has 10 heteroatoms. The topological polar surface area (TPSA) is 80.7 Å². The quantitative estimate of drug-likeness (QED) is 0.712. The van der Waals surface area contributed by atoms with Gasteiger partial charge in [0.05, 0.1) is 10.0 Å². The van der Waals surface area contributed by atoms with E-state index in [4.69, 9.17) is 34.8 Å². The molecular formula is C14H8Cl3N5OS. The van der Waals surface area contributed by atoms with Gasteiger partial charge in [-0.1, -0.05) is 58.3 Å². The zero-order valence-corrected chi connectivity index (χ0v) is 14.9. The molecule has 0 radical (unpaired) electrons. The van der Waals surface area contributed by atoms with Crippen LogP contribution in [0.15, 0.2) is 30.6 Å². The van der Waals surface area contributed by atoms with Crippen LogP contribution >= 0.6 is 46.1 Å². The Balaban J connectivity index is 1.73. The molecule has 0 fully saturated rings. The maximum Gasteiger partial charge on any atom is 0.279 e. The van der Waals surface area contributed by atoms with Crippen molar-refractivity contribution in [3.63, 3.8) is 0 Å². The maximum atomic E-state index is 12.1. The van der Waals surface area contributed by atoms with Crippen LogP contribution in [0.4, 0.5) is 5.13 Å². The molecule has 0 aliphatic rings. The molecule has 2 aromatic heterocycles. The number of carbonyl (C=O) groups excluding carboxylic acids is 1. The van der Waals surface area contributed by atoms with Crippen molar-refractivity contribution in [2.24, 2.45) is 0 Å². The van der Waals surface area contributed by atoms with Crippen molar-refractivity contribution in [2.75, 3.05) is 5.32 Å². The van der Waals surface area contributed by atoms with Crippen LogP contribution < -0.4 is 5.32 Å². The average Bonchev–Trinajstić information content (AvgIpc) is 2.99. The minimum absolute atomic E-state index is 0.0189. The molecule has 2 heterocycles. The van der Waals surface area contributed by atoms with Crippen LogP contribution in [0.2, 0.25) is 15.2 Å². The predicted molar refractivity (Wildman–Crippen MR) is 94.2 cm³/mol. The number of halogens is 3. The Morgan fingerprint density at radius 2 is 1.92 bits per heavy atom. The number of anilines is 1. The number of rotatable bonds is 4. The monoisotopic (exact) mass is 399 g/mol. The standard InChI is InChI=1S/C14H8Cl3N5OS/c15-8-3-1-2-7(10(8)16)6-9-21-22-14(24-9)20-13(23)11-12(17)19-5-4-18-11/h1-5H,6H2,(H,20,22,23). The highest BCUT2D eigenvalue weighted by atomic mass is 35.5. The van der Waals surface area contributed by atoms with Gasteiger partial charge in [-0.25, -0.2) is 9.97 Å². The van der Waals surface area contributed by atoms with Gasteiger partial charge in [0.25, 0.3) is 5.91 Å². The fraction of sp³-hybridized carbons (Fsp3) is 0.0714. The fourth-order valence-corrected chi connectivity index (χ4v) is 3.19. The Kier molecular flexibility index (Phi) is 5.25. The summed E-state index contributed by atoms with van der Waals surface area (Å²) < 4.78 is 0. The lowest BCUT2D eigenvalue weighted by Crippen LogP contribution is -2.14. The van der Waals surface area contributed by atoms with Gasteiger partial charge in [-0.2, -0.15) is 0 Å². The van der Waals surface area contributed by atoms with Crippen molar-refractivity contribution < 1.29 is 4.79 Å². The van der Waals surface area contributed by atoms with Gasteiger partial charge in [-0.15, -0.1) is 10.2 Å². The maximum absolute atomic E-state index is 12.1. The highest BCUT2D eigenvalue weighted by Crippen LogP contribution is 2.28. The molecule has 24 heavy (non-hydrogen) atoms. The first kappa shape index (κ1) is 17.0. The minimum Gasteiger partial charge on any atom is -0.295 e. The third-order valence-electron chi connectivity index (χ3n) is 2.93. The van der Waals surface area contributed by atoms with E-state index in [0.29, 0.717) is 26.6 Å². The zero-order valence-electron chi connectivity index (χ0n) is 11.8. The van der Waals surface area contributed by atoms with Crippen LogP contribution in [0, 0.1) is 0 Å². The van der Waals surface area contributed by atoms with Gasteiger partial charge in [-0.3, -0.25) is 10.1 Å². The van der Waals surface area contributed by atoms with E-state index in [1.807, 2.05) is 12.1 Å². The molecular weight excluding hydrogens is 393 g/mol. The van der Waals surface area contributed by atoms with Crippen molar-refractivity contribution in [3.05, 3.63) is 62.1 Å². The first-order valence-electron chi connectivity index (χ1n) is 6.57. The summed E-state index contributed by atoms with van der Waals surface area (Å²) in [7, 11) is 0. The van der Waals surface area contributed by atoms with Crippen molar-refractivity contribution in [3.8, 4) is 0 Å². The summed E-state index contributed by atoms with van der Waals surface area (Å²) in [4.78, 5) is 19.8. The van der Waals surface area contributed by atoms with Gasteiger partial charge in [0.15, 0.2) is 10.8 Å². The Bertz CT molecular complexity index is 902. The van der Waals surface area contributed by atoms with Gasteiger partial charge >= 0.3 is 0 Å². The number of hydrogen-bond donors (Lipinski definition) is 1. The summed E-state index contributed by atoms with van der Waals surface area (Å²) in [6, 6.07) is 5.38. The van der Waals surface area contributed by atoms with Gasteiger partial charge in [0, 0.05) is 18.8 Å². The Labute approximate surface area is 155 Å². The molecule has 1 amide bonds. The number of amides is 1. The summed E-state index contributed by atoms with van der Waals surface area (Å²) >= 11 is 19.2. The molecule has 0 unspecified atom stereocenters. The fourth-order valence-electron chi connectivity index (χ4n) is 1.85. The molecule has 3 rings (SSSR count). The number of benzene rings is 1. The lowest BCUT2D eigenvalue weighted by atomic mass is 10.1. The van der Waals surface area contributed by atoms with E-state index in [9.17, 15) is 4.79 Å². The lowest BCUT2D eigenvalue weighted by molar-refractivity contribution is 0.102. The first-order chi connectivity index (χ1) is 11.5. The minimum atomic E-state index is -0.503. The molecule has 6 nitrogen and oxygen atoms in total. The zero-order chi connectivity index (χ0) is 17.1. The second-order valence-corrected chi connectivity index (χ2v) is 6.75. The highest BCUT2D eigenvalue weighted by Gasteiger charge is 2.16. The highest BCUT2D eigenvalue weighted by molar-refractivity contribution is 7.15. The Morgan fingerprint density at radius 1 is 1.12 bits per heavy atom. The van der Waals surface area contributed by atoms with Gasteiger partial charge in [0.2, 0.25) is 5.13 Å². The SMILES string of the molecule is O=C(Nc1nnc(Cc2cccc(Cl)c2Cl)s1)c1nccnc1Cl. The largest absolute Gasteiger partial charge is 0.295 e. The summed E-state index contributed by atoms with van der Waals surface area (Å²) in [6.45, 7) is 0. The van der Waals surface area contributed by atoms with Crippen LogP contribution in [0.3, 0.4) is 0 Å². The molecule has 122 valence electrons. The lowest BCUT2D eigenvalue weighted by Gasteiger charge is -2.02. The van der Waals surface area contributed by atoms with Crippen molar-refractivity contribution in [1.29, 1.82) is 0 Å². The van der Waals surface area contributed by atoms with E-state index >= 15 is 0 Å². The van der Waals surface area contributed by atoms with Gasteiger partial charge in [0.1, 0.15) is 5.01 Å². The second-order valence-electron chi connectivity index (χ2n) is 4.54. The molecule has 0 aliphatic heterocycles. The predicted octanol–water partition coefficient (Wildman–Crippen LogP) is 4.13. The van der Waals surface area contributed by atoms with Gasteiger partial charge < -0.3 is 0 Å². The summed E-state index contributed by atoms with van der Waals surface area (Å²) in [6.07, 6.45) is 3.24. The van der Waals surface area contributed by atoms with E-state index in [2.05, 4.69) is 25.5 Å². The molecule has 0 aliphatic carbocycles. The number of nitrogens with one attached hydrogen (secondary N) is 1. The number of hydrogen-bond acceptors (Lipinski definition) is 6. The molecule has 0 saturated heterocycles. The first-order valence-corrected chi connectivity index (χ1v) is 8.52. The molecule has 0 bridgehead atoms. The van der Waals surface area contributed by atoms with Crippen LogP contribution in [0.1, 0.15) is 21.1 Å². The molecule has 0 atom stereocenters. The Morgan fingerprint density at radius 3 is 2.71 bits per heavy atom. The van der Waals surface area contributed by atoms with Crippen molar-refractivity contribution in [1.82, 2.24) is 20.2 Å². The molecule has 1 aromatic carbocycles. The molecule has 3 aromatic rings. The van der Waals surface area contributed by atoms with E-state index in [-0.39, 0.29) is 10.8 Å².